The fraction of sp³-hybridized carbons (Fsp3) is 0. The zero-order chi connectivity index (χ0) is 5.56. The number of nitrogens with zero attached hydrogens (tertiary/aromatic N) is 1. The summed E-state index contributed by atoms with van der Waals surface area (Å²) in [4.78, 5) is 4.05. The minimum Gasteiger partial charge on any atom is -0.256 e. The second-order valence-electron chi connectivity index (χ2n) is 1.88. The summed E-state index contributed by atoms with van der Waals surface area (Å²) >= 11 is 0. The van der Waals surface area contributed by atoms with E-state index in [0.29, 0.717) is 0 Å². The van der Waals surface area contributed by atoms with Gasteiger partial charge in [0.1, 0.15) is 0 Å². The molecule has 0 aromatic carbocycles. The van der Waals surface area contributed by atoms with Crippen molar-refractivity contribution in [2.45, 2.75) is 0 Å². The van der Waals surface area contributed by atoms with E-state index in [2.05, 4.69) is 11.6 Å². The first-order valence-corrected chi connectivity index (χ1v) is 2.54. The van der Waals surface area contributed by atoms with E-state index < -0.39 is 0 Å². The van der Waals surface area contributed by atoms with Crippen molar-refractivity contribution < 1.29 is 0 Å². The largest absolute Gasteiger partial charge is 0.256 e. The Hall–Kier alpha value is -1.11. The summed E-state index contributed by atoms with van der Waals surface area (Å²) in [6, 6.07) is 3.96. The Kier molecular flexibility index (Phi) is 0.478. The fourth-order valence-corrected chi connectivity index (χ4v) is 0.815. The zero-order valence-corrected chi connectivity index (χ0v) is 4.39. The average molecular weight is 103 g/mol. The molecular formula is C7H5N. The summed E-state index contributed by atoms with van der Waals surface area (Å²) in [7, 11) is 0. The lowest BCUT2D eigenvalue weighted by Crippen LogP contribution is -1.60. The fourth-order valence-electron chi connectivity index (χ4n) is 0.815. The van der Waals surface area contributed by atoms with Crippen molar-refractivity contribution in [1.82, 2.24) is 4.98 Å². The predicted molar refractivity (Wildman–Crippen MR) is 32.4 cm³/mol. The summed E-state index contributed by atoms with van der Waals surface area (Å²) in [5.41, 5.74) is 3.43. The van der Waals surface area contributed by atoms with Crippen LogP contribution in [-0.4, -0.2) is 4.98 Å². The van der Waals surface area contributed by atoms with Crippen molar-refractivity contribution in [3.05, 3.63) is 36.2 Å². The molecule has 1 heteroatoms. The summed E-state index contributed by atoms with van der Waals surface area (Å²) < 4.78 is 0. The topological polar surface area (TPSA) is 12.9 Å². The lowest BCUT2D eigenvalue weighted by atomic mass is 10.5. The van der Waals surface area contributed by atoms with E-state index in [0.717, 1.165) is 11.3 Å². The van der Waals surface area contributed by atoms with Crippen molar-refractivity contribution in [2.75, 3.05) is 0 Å². The molecule has 1 aliphatic rings. The summed E-state index contributed by atoms with van der Waals surface area (Å²) in [6.07, 6.45) is 1.79. The molecule has 0 N–H and O–H groups in total. The predicted octanol–water partition coefficient (Wildman–Crippen LogP) is 1.46. The van der Waals surface area contributed by atoms with Gasteiger partial charge in [0.15, 0.2) is 0 Å². The molecule has 0 amide bonds. The molecule has 0 fully saturated rings. The lowest BCUT2D eigenvalue weighted by molar-refractivity contribution is 1.35. The molecule has 0 spiro atoms. The van der Waals surface area contributed by atoms with Crippen LogP contribution in [-0.2, 0) is 0 Å². The molecule has 8 heavy (non-hydrogen) atoms. The molecule has 0 radical (unpaired) electrons. The third kappa shape index (κ3) is 0.293. The quantitative estimate of drug-likeness (QED) is 0.492. The van der Waals surface area contributed by atoms with Gasteiger partial charge in [-0.2, -0.15) is 0 Å². The van der Waals surface area contributed by atoms with Crippen molar-refractivity contribution in [3.8, 4) is 0 Å². The van der Waals surface area contributed by atoms with Gasteiger partial charge in [0, 0.05) is 17.3 Å². The molecule has 0 aliphatic heterocycles. The van der Waals surface area contributed by atoms with Crippen LogP contribution in [0.15, 0.2) is 24.9 Å². The van der Waals surface area contributed by atoms with Crippen LogP contribution >= 0.6 is 0 Å². The van der Waals surface area contributed by atoms with Gasteiger partial charge in [0.05, 0.1) is 5.69 Å². The molecule has 1 aliphatic carbocycles. The molecule has 0 saturated carbocycles. The second kappa shape index (κ2) is 0.996. The summed E-state index contributed by atoms with van der Waals surface area (Å²) in [5, 5.41) is 0. The van der Waals surface area contributed by atoms with E-state index in [-0.39, 0.29) is 0 Å². The number of pyridine rings is 1. The molecule has 1 aromatic rings. The summed E-state index contributed by atoms with van der Waals surface area (Å²) in [6.45, 7) is 3.77. The molecule has 1 heterocycles. The van der Waals surface area contributed by atoms with Crippen LogP contribution in [0.25, 0.3) is 5.57 Å². The SMILES string of the molecule is C=C1c2cccnc21. The highest BCUT2D eigenvalue weighted by Crippen LogP contribution is 2.37. The summed E-state index contributed by atoms with van der Waals surface area (Å²) in [5.74, 6) is 0. The van der Waals surface area contributed by atoms with Crippen molar-refractivity contribution >= 4 is 5.57 Å². The van der Waals surface area contributed by atoms with E-state index in [9.17, 15) is 0 Å². The number of rotatable bonds is 0. The van der Waals surface area contributed by atoms with Gasteiger partial charge >= 0.3 is 0 Å². The monoisotopic (exact) mass is 103 g/mol. The normalized spacial score (nSPS) is 13.2. The van der Waals surface area contributed by atoms with E-state index in [1.165, 1.54) is 5.56 Å². The lowest BCUT2D eigenvalue weighted by Gasteiger charge is -1.68. The maximum absolute atomic E-state index is 4.05. The van der Waals surface area contributed by atoms with Crippen molar-refractivity contribution in [3.63, 3.8) is 0 Å². The minimum absolute atomic E-state index is 1.09. The maximum atomic E-state index is 4.05. The second-order valence-corrected chi connectivity index (χ2v) is 1.88. The number of aromatic nitrogens is 1. The smallest absolute Gasteiger partial charge is 0.0781 e. The molecule has 0 atom stereocenters. The van der Waals surface area contributed by atoms with Crippen molar-refractivity contribution in [1.29, 1.82) is 0 Å². The van der Waals surface area contributed by atoms with Gasteiger partial charge in [-0.3, -0.25) is 4.98 Å². The van der Waals surface area contributed by atoms with Crippen LogP contribution in [0.2, 0.25) is 0 Å². The first-order valence-electron chi connectivity index (χ1n) is 2.54. The van der Waals surface area contributed by atoms with Gasteiger partial charge in [-0.25, -0.2) is 0 Å². The van der Waals surface area contributed by atoms with Crippen LogP contribution in [0.1, 0.15) is 11.3 Å². The first kappa shape index (κ1) is 3.84. The van der Waals surface area contributed by atoms with Gasteiger partial charge in [-0.15, -0.1) is 0 Å². The minimum atomic E-state index is 1.09. The highest BCUT2D eigenvalue weighted by atomic mass is 14.7. The molecule has 0 saturated heterocycles. The third-order valence-corrected chi connectivity index (χ3v) is 1.36. The van der Waals surface area contributed by atoms with Gasteiger partial charge in [-0.1, -0.05) is 12.6 Å². The molecule has 0 bridgehead atoms. The van der Waals surface area contributed by atoms with Crippen LogP contribution in [0.5, 0.6) is 0 Å². The number of hydrogen-bond donors (Lipinski definition) is 0. The van der Waals surface area contributed by atoms with Crippen LogP contribution in [0.3, 0.4) is 0 Å². The van der Waals surface area contributed by atoms with Crippen LogP contribution in [0, 0.1) is 0 Å². The van der Waals surface area contributed by atoms with Gasteiger partial charge in [0.25, 0.3) is 0 Å². The van der Waals surface area contributed by atoms with E-state index in [1.807, 2.05) is 12.1 Å². The van der Waals surface area contributed by atoms with Crippen LogP contribution < -0.4 is 0 Å². The molecule has 2 rings (SSSR count). The first-order chi connectivity index (χ1) is 3.89. The molecule has 0 unspecified atom stereocenters. The number of hydrogen-bond acceptors (Lipinski definition) is 1. The van der Waals surface area contributed by atoms with E-state index in [1.54, 1.807) is 6.20 Å². The van der Waals surface area contributed by atoms with E-state index in [4.69, 9.17) is 0 Å². The Morgan fingerprint density at radius 1 is 1.50 bits per heavy atom. The Balaban J connectivity index is 2.74. The standard InChI is InChI=1S/C7H5N/c1-5-6-3-2-4-8-7(5)6/h2-4H,1H2. The van der Waals surface area contributed by atoms with E-state index >= 15 is 0 Å². The molecule has 38 valence electrons. The Morgan fingerprint density at radius 3 is 2.88 bits per heavy atom. The molecule has 1 aromatic heterocycles. The average Bonchev–Trinajstić information content (AvgIpc) is 2.46. The van der Waals surface area contributed by atoms with Gasteiger partial charge in [0.2, 0.25) is 0 Å². The zero-order valence-electron chi connectivity index (χ0n) is 4.39. The van der Waals surface area contributed by atoms with Crippen LogP contribution in [0.4, 0.5) is 0 Å². The van der Waals surface area contributed by atoms with Gasteiger partial charge < -0.3 is 0 Å². The van der Waals surface area contributed by atoms with Crippen molar-refractivity contribution in [2.24, 2.45) is 0 Å². The third-order valence-electron chi connectivity index (χ3n) is 1.36. The Morgan fingerprint density at radius 2 is 2.38 bits per heavy atom. The highest BCUT2D eigenvalue weighted by molar-refractivity contribution is 5.96. The van der Waals surface area contributed by atoms with Gasteiger partial charge in [-0.05, 0) is 6.07 Å². The Labute approximate surface area is 47.7 Å². The highest BCUT2D eigenvalue weighted by Gasteiger charge is 2.22. The number of fused-ring (bicyclic) bond motifs is 1. The Bertz CT molecular complexity index is 225. The molecular weight excluding hydrogens is 98.1 g/mol. The molecule has 1 nitrogen and oxygen atoms in total. The maximum Gasteiger partial charge on any atom is 0.0781 e.